The van der Waals surface area contributed by atoms with E-state index >= 15 is 0 Å². The molecule has 0 aromatic carbocycles. The summed E-state index contributed by atoms with van der Waals surface area (Å²) in [6.07, 6.45) is 25.7. The maximum absolute atomic E-state index is 7.14. The van der Waals surface area contributed by atoms with E-state index in [2.05, 4.69) is 113 Å². The summed E-state index contributed by atoms with van der Waals surface area (Å²) in [5.74, 6) is 1.64. The van der Waals surface area contributed by atoms with Crippen molar-refractivity contribution in [2.24, 2.45) is 28.6 Å². The van der Waals surface area contributed by atoms with Gasteiger partial charge in [-0.15, -0.1) is 0 Å². The van der Waals surface area contributed by atoms with Gasteiger partial charge >= 0.3 is 0 Å². The molecule has 5 aliphatic rings. The molecule has 0 aromatic heterocycles. The van der Waals surface area contributed by atoms with Crippen LogP contribution in [0.4, 0.5) is 0 Å². The topological polar surface area (TPSA) is 36.9 Å². The monoisotopic (exact) mass is 753 g/mol. The van der Waals surface area contributed by atoms with Crippen molar-refractivity contribution in [3.63, 3.8) is 0 Å². The summed E-state index contributed by atoms with van der Waals surface area (Å²) in [6.45, 7) is 37.3. The first-order valence-corrected chi connectivity index (χ1v) is 27.3. The minimum Gasteiger partial charge on any atom is -0.413 e. The van der Waals surface area contributed by atoms with Crippen molar-refractivity contribution in [1.82, 2.24) is 0 Å². The molecule has 0 N–H and O–H groups in total. The first kappa shape index (κ1) is 42.4. The van der Waals surface area contributed by atoms with Gasteiger partial charge < -0.3 is 18.3 Å². The Bertz CT molecular complexity index is 1350. The lowest BCUT2D eigenvalue weighted by atomic mass is 9.61. The Hall–Kier alpha value is -0.766. The molecule has 6 heteroatoms. The van der Waals surface area contributed by atoms with E-state index in [0.29, 0.717) is 17.3 Å². The van der Waals surface area contributed by atoms with E-state index in [1.54, 1.807) is 5.57 Å². The largest absolute Gasteiger partial charge is 0.413 e. The third-order valence-electron chi connectivity index (χ3n) is 15.6. The van der Waals surface area contributed by atoms with Gasteiger partial charge in [0.15, 0.2) is 22.4 Å². The Labute approximate surface area is 323 Å². The summed E-state index contributed by atoms with van der Waals surface area (Å²) in [4.78, 5) is 0. The van der Waals surface area contributed by atoms with Crippen LogP contribution in [0.3, 0.4) is 0 Å². The van der Waals surface area contributed by atoms with Crippen LogP contribution < -0.4 is 0 Å². The fraction of sp³-hybridized carbons (Fsp3) is 0.826. The molecule has 1 saturated heterocycles. The Kier molecular flexibility index (Phi) is 12.7. The maximum atomic E-state index is 7.14. The summed E-state index contributed by atoms with van der Waals surface area (Å²) in [5.41, 5.74) is 4.77. The van der Waals surface area contributed by atoms with Crippen LogP contribution in [-0.4, -0.2) is 47.8 Å². The molecule has 0 bridgehead atoms. The average Bonchev–Trinajstić information content (AvgIpc) is 3.51. The van der Waals surface area contributed by atoms with Crippen LogP contribution in [0.2, 0.25) is 36.3 Å². The minimum atomic E-state index is -1.99. The van der Waals surface area contributed by atoms with Crippen LogP contribution in [0.25, 0.3) is 0 Å². The molecule has 5 rings (SSSR count). The van der Waals surface area contributed by atoms with E-state index in [9.17, 15) is 0 Å². The lowest BCUT2D eigenvalue weighted by Crippen LogP contribution is -2.49. The molecule has 296 valence electrons. The lowest BCUT2D eigenvalue weighted by molar-refractivity contribution is -0.211. The molecular weight excluding hydrogens is 673 g/mol. The van der Waals surface area contributed by atoms with Crippen LogP contribution in [0.1, 0.15) is 146 Å². The fourth-order valence-corrected chi connectivity index (χ4v) is 12.7. The average molecular weight is 753 g/mol. The number of unbranched alkanes of at least 4 members (excludes halogenated alkanes) is 1. The summed E-state index contributed by atoms with van der Waals surface area (Å²) in [7, 11) is -3.93. The summed E-state index contributed by atoms with van der Waals surface area (Å²) in [6, 6.07) is 0. The molecule has 4 nitrogen and oxygen atoms in total. The molecular formula is C46H80O4Si2. The van der Waals surface area contributed by atoms with E-state index in [1.807, 2.05) is 0 Å². The van der Waals surface area contributed by atoms with Gasteiger partial charge in [0, 0.05) is 18.3 Å². The molecule has 4 saturated carbocycles. The quantitative estimate of drug-likeness (QED) is 0.139. The van der Waals surface area contributed by atoms with Gasteiger partial charge in [-0.25, -0.2) is 0 Å². The van der Waals surface area contributed by atoms with Crippen molar-refractivity contribution in [3.8, 4) is 0 Å². The molecule has 0 aromatic rings. The van der Waals surface area contributed by atoms with E-state index in [0.717, 1.165) is 44.8 Å². The van der Waals surface area contributed by atoms with Crippen molar-refractivity contribution in [1.29, 1.82) is 0 Å². The van der Waals surface area contributed by atoms with Crippen LogP contribution in [0, 0.1) is 28.6 Å². The third kappa shape index (κ3) is 8.63. The maximum Gasteiger partial charge on any atom is 0.192 e. The standard InChI is InChI=1S/C46H80O4Si2/c1-15-16-27-46(47-30-31-48-46)45(28-29-45)26-17-19-34(2)39-23-24-40-36(20-18-25-44(39,40)10)21-22-37-32-38(49-51(11,12)42(4,5)6)33-41(35(37)3)50-52(13,14)43(7,8)9/h17,19,21-22,34,38-41H,3,15-16,18,20,23-33H2,1-2,4-14H3/b19-17+,36-21+,37-22-/t34-,38-,39-,40+,41+,44-/m1/s1. The highest BCUT2D eigenvalue weighted by Crippen LogP contribution is 2.62. The first-order chi connectivity index (χ1) is 24.1. The molecule has 4 aliphatic carbocycles. The Morgan fingerprint density at radius 3 is 2.15 bits per heavy atom. The predicted molar refractivity (Wildman–Crippen MR) is 226 cm³/mol. The van der Waals surface area contributed by atoms with E-state index < -0.39 is 16.6 Å². The fourth-order valence-electron chi connectivity index (χ4n) is 10.0. The van der Waals surface area contributed by atoms with Crippen molar-refractivity contribution in [3.05, 3.63) is 47.6 Å². The zero-order chi connectivity index (χ0) is 38.4. The second kappa shape index (κ2) is 15.6. The summed E-state index contributed by atoms with van der Waals surface area (Å²) < 4.78 is 27.1. The molecule has 1 heterocycles. The molecule has 0 spiro atoms. The number of allylic oxidation sites excluding steroid dienone is 5. The number of hydrogen-bond acceptors (Lipinski definition) is 4. The Morgan fingerprint density at radius 1 is 0.923 bits per heavy atom. The molecule has 6 atom stereocenters. The SMILES string of the molecule is C=C1/C(=C\C=C2/CCC[C@]3(C)[C@@H]([C@H](C)/C=C/CC4(C5(CCCC)OCCO5)CC4)CC[C@@H]23)C[C@@H](O[Si](C)(C)C(C)(C)C)C[C@@H]1O[Si](C)(C)C(C)(C)C. The highest BCUT2D eigenvalue weighted by molar-refractivity contribution is 6.74. The first-order valence-electron chi connectivity index (χ1n) is 21.5. The van der Waals surface area contributed by atoms with Crippen LogP contribution in [0.15, 0.2) is 47.6 Å². The van der Waals surface area contributed by atoms with Crippen molar-refractivity contribution < 1.29 is 18.3 Å². The molecule has 1 aliphatic heterocycles. The minimum absolute atomic E-state index is 0.0253. The van der Waals surface area contributed by atoms with Crippen molar-refractivity contribution >= 4 is 16.6 Å². The number of rotatable bonds is 13. The van der Waals surface area contributed by atoms with Gasteiger partial charge in [0.1, 0.15) is 0 Å². The highest BCUT2D eigenvalue weighted by atomic mass is 28.4. The van der Waals surface area contributed by atoms with E-state index in [1.165, 1.54) is 68.9 Å². The molecule has 52 heavy (non-hydrogen) atoms. The van der Waals surface area contributed by atoms with Gasteiger partial charge in [0.05, 0.1) is 25.4 Å². The second-order valence-electron chi connectivity index (χ2n) is 21.2. The van der Waals surface area contributed by atoms with E-state index in [4.69, 9.17) is 24.9 Å². The van der Waals surface area contributed by atoms with E-state index in [-0.39, 0.29) is 33.5 Å². The van der Waals surface area contributed by atoms with Gasteiger partial charge in [-0.05, 0) is 135 Å². The van der Waals surface area contributed by atoms with Crippen LogP contribution >= 0.6 is 0 Å². The van der Waals surface area contributed by atoms with Gasteiger partial charge in [-0.3, -0.25) is 0 Å². The molecule has 5 fully saturated rings. The number of hydrogen-bond donors (Lipinski definition) is 0. The smallest absolute Gasteiger partial charge is 0.192 e. The molecule has 0 unspecified atom stereocenters. The lowest BCUT2D eigenvalue weighted by Gasteiger charge is -2.45. The molecule has 0 radical (unpaired) electrons. The van der Waals surface area contributed by atoms with Gasteiger partial charge in [0.2, 0.25) is 0 Å². The number of ether oxygens (including phenoxy) is 2. The Balaban J connectivity index is 1.32. The normalized spacial score (nSPS) is 33.3. The summed E-state index contributed by atoms with van der Waals surface area (Å²) in [5, 5.41) is 0.328. The molecule has 0 amide bonds. The van der Waals surface area contributed by atoms with Gasteiger partial charge in [-0.1, -0.05) is 105 Å². The van der Waals surface area contributed by atoms with Gasteiger partial charge in [0.25, 0.3) is 0 Å². The zero-order valence-electron chi connectivity index (χ0n) is 36.1. The van der Waals surface area contributed by atoms with Crippen LogP contribution in [-0.2, 0) is 18.3 Å². The van der Waals surface area contributed by atoms with Crippen molar-refractivity contribution in [2.75, 3.05) is 13.2 Å². The van der Waals surface area contributed by atoms with Crippen LogP contribution in [0.5, 0.6) is 0 Å². The highest BCUT2D eigenvalue weighted by Gasteiger charge is 2.62. The second-order valence-corrected chi connectivity index (χ2v) is 30.7. The summed E-state index contributed by atoms with van der Waals surface area (Å²) >= 11 is 0. The zero-order valence-corrected chi connectivity index (χ0v) is 38.1. The number of fused-ring (bicyclic) bond motifs is 1. The van der Waals surface area contributed by atoms with Crippen molar-refractivity contribution in [2.45, 2.75) is 200 Å². The Morgan fingerprint density at radius 2 is 1.56 bits per heavy atom. The van der Waals surface area contributed by atoms with Gasteiger partial charge in [-0.2, -0.15) is 0 Å². The predicted octanol–water partition coefficient (Wildman–Crippen LogP) is 13.5. The third-order valence-corrected chi connectivity index (χ3v) is 24.7.